The molecule has 0 bridgehead atoms. The first-order chi connectivity index (χ1) is 23.4. The van der Waals surface area contributed by atoms with Gasteiger partial charge in [-0.2, -0.15) is 13.2 Å². The van der Waals surface area contributed by atoms with E-state index >= 15 is 0 Å². The van der Waals surface area contributed by atoms with Gasteiger partial charge < -0.3 is 26.8 Å². The van der Waals surface area contributed by atoms with Gasteiger partial charge in [0.1, 0.15) is 11.3 Å². The van der Waals surface area contributed by atoms with Gasteiger partial charge in [-0.05, 0) is 68.3 Å². The number of nitrogens with zero attached hydrogens (tertiary/aromatic N) is 2. The van der Waals surface area contributed by atoms with Crippen LogP contribution in [0.4, 0.5) is 30.2 Å². The van der Waals surface area contributed by atoms with E-state index in [0.29, 0.717) is 18.7 Å². The lowest BCUT2D eigenvalue weighted by Gasteiger charge is -2.17. The Balaban J connectivity index is 0.000000268. The zero-order valence-corrected chi connectivity index (χ0v) is 28.8. The summed E-state index contributed by atoms with van der Waals surface area (Å²) >= 11 is 0. The molecular weight excluding hydrogens is 679 g/mol. The van der Waals surface area contributed by atoms with Gasteiger partial charge in [-0.25, -0.2) is 13.6 Å². The summed E-state index contributed by atoms with van der Waals surface area (Å²) in [5, 5.41) is 22.3. The predicted octanol–water partition coefficient (Wildman–Crippen LogP) is 5.78. The number of rotatable bonds is 11. The molecule has 50 heavy (non-hydrogen) atoms. The highest BCUT2D eigenvalue weighted by atomic mass is 32.2. The fourth-order valence-electron chi connectivity index (χ4n) is 4.26. The highest BCUT2D eigenvalue weighted by Crippen LogP contribution is 2.37. The summed E-state index contributed by atoms with van der Waals surface area (Å²) in [5.41, 5.74) is 11.2. The van der Waals surface area contributed by atoms with Gasteiger partial charge in [0.25, 0.3) is 5.69 Å². The number of nitrogens with one attached hydrogen (secondary N) is 2. The van der Waals surface area contributed by atoms with E-state index in [-0.39, 0.29) is 10.6 Å². The number of anilines is 2. The normalized spacial score (nSPS) is 11.8. The second-order valence-corrected chi connectivity index (χ2v) is 12.8. The number of halogens is 3. The van der Waals surface area contributed by atoms with Crippen LogP contribution in [0.25, 0.3) is 10.9 Å². The Morgan fingerprint density at radius 1 is 1.04 bits per heavy atom. The Morgan fingerprint density at radius 2 is 1.70 bits per heavy atom. The molecular formula is C33H42F3N7O6S. The molecule has 0 aliphatic rings. The van der Waals surface area contributed by atoms with E-state index in [2.05, 4.69) is 22.5 Å². The molecule has 0 spiro atoms. The summed E-state index contributed by atoms with van der Waals surface area (Å²) in [7, 11) is -1.89. The molecule has 0 aliphatic carbocycles. The number of amides is 1. The van der Waals surface area contributed by atoms with Gasteiger partial charge in [0, 0.05) is 47.9 Å². The SMILES string of the molecule is CC(C)C(=O)Nc1ccc([N+](=O)[O-])c(C(F)(F)F)c1.COc1cc(NC(C)CCCN)c2ncccc2c1.NCc1ccc(S(N)(=O)=O)cc1. The average molecular weight is 722 g/mol. The highest BCUT2D eigenvalue weighted by Gasteiger charge is 2.38. The van der Waals surface area contributed by atoms with E-state index in [1.54, 1.807) is 33.1 Å². The fourth-order valence-corrected chi connectivity index (χ4v) is 4.77. The van der Waals surface area contributed by atoms with Gasteiger partial charge in [0.05, 0.1) is 28.1 Å². The number of nitro benzene ring substituents is 1. The highest BCUT2D eigenvalue weighted by molar-refractivity contribution is 7.89. The number of alkyl halides is 3. The molecule has 272 valence electrons. The predicted molar refractivity (Wildman–Crippen MR) is 187 cm³/mol. The fraction of sp³-hybridized carbons (Fsp3) is 0.333. The lowest BCUT2D eigenvalue weighted by molar-refractivity contribution is -0.388. The molecule has 17 heteroatoms. The molecule has 1 amide bonds. The van der Waals surface area contributed by atoms with Crippen molar-refractivity contribution in [2.24, 2.45) is 22.5 Å². The lowest BCUT2D eigenvalue weighted by Crippen LogP contribution is -2.18. The van der Waals surface area contributed by atoms with Crippen molar-refractivity contribution >= 4 is 43.9 Å². The molecule has 0 saturated carbocycles. The van der Waals surface area contributed by atoms with Crippen LogP contribution in [-0.4, -0.2) is 43.9 Å². The maximum Gasteiger partial charge on any atom is 0.423 e. The van der Waals surface area contributed by atoms with Crippen LogP contribution < -0.4 is 32.0 Å². The third kappa shape index (κ3) is 12.9. The number of nitro groups is 1. The first-order valence-corrected chi connectivity index (χ1v) is 16.8. The smallest absolute Gasteiger partial charge is 0.423 e. The topological polar surface area (TPSA) is 219 Å². The van der Waals surface area contributed by atoms with Crippen LogP contribution in [-0.2, 0) is 27.5 Å². The zero-order valence-electron chi connectivity index (χ0n) is 28.0. The van der Waals surface area contributed by atoms with Crippen LogP contribution in [0.2, 0.25) is 0 Å². The lowest BCUT2D eigenvalue weighted by atomic mass is 10.1. The molecule has 8 N–H and O–H groups in total. The number of carbonyl (C=O) groups excluding carboxylic acids is 1. The van der Waals surface area contributed by atoms with Gasteiger partial charge in [0.15, 0.2) is 0 Å². The molecule has 0 saturated heterocycles. The van der Waals surface area contributed by atoms with Crippen LogP contribution in [0.5, 0.6) is 5.75 Å². The summed E-state index contributed by atoms with van der Waals surface area (Å²) in [4.78, 5) is 25.3. The largest absolute Gasteiger partial charge is 0.497 e. The van der Waals surface area contributed by atoms with Gasteiger partial charge in [0.2, 0.25) is 15.9 Å². The minimum absolute atomic E-state index is 0.111. The van der Waals surface area contributed by atoms with Crippen molar-refractivity contribution in [1.82, 2.24) is 4.98 Å². The Labute approximate surface area is 288 Å². The number of nitrogens with two attached hydrogens (primary N) is 3. The minimum atomic E-state index is -4.86. The number of primary sulfonamides is 1. The number of carbonyl (C=O) groups is 1. The molecule has 4 rings (SSSR count). The zero-order chi connectivity index (χ0) is 37.6. The number of pyridine rings is 1. The van der Waals surface area contributed by atoms with Crippen LogP contribution >= 0.6 is 0 Å². The third-order valence-electron chi connectivity index (χ3n) is 6.94. The Morgan fingerprint density at radius 3 is 2.22 bits per heavy atom. The second-order valence-electron chi connectivity index (χ2n) is 11.3. The Hall–Kier alpha value is -4.84. The van der Waals surface area contributed by atoms with Crippen molar-refractivity contribution < 1.29 is 36.0 Å². The Kier molecular flexibility index (Phi) is 15.5. The molecule has 0 aliphatic heterocycles. The molecule has 1 atom stereocenters. The maximum absolute atomic E-state index is 12.7. The minimum Gasteiger partial charge on any atom is -0.497 e. The monoisotopic (exact) mass is 721 g/mol. The van der Waals surface area contributed by atoms with E-state index in [0.717, 1.165) is 59.4 Å². The molecule has 1 aromatic heterocycles. The van der Waals surface area contributed by atoms with Gasteiger partial charge in [-0.1, -0.05) is 32.0 Å². The summed E-state index contributed by atoms with van der Waals surface area (Å²) in [6.07, 6.45) is -0.989. The number of benzene rings is 3. The van der Waals surface area contributed by atoms with Gasteiger partial charge in [-0.3, -0.25) is 19.9 Å². The van der Waals surface area contributed by atoms with Crippen LogP contribution in [0.15, 0.2) is 77.8 Å². The number of fused-ring (bicyclic) bond motifs is 1. The molecule has 0 radical (unpaired) electrons. The number of sulfonamides is 1. The number of ether oxygens (including phenoxy) is 1. The number of hydrogen-bond acceptors (Lipinski definition) is 10. The van der Waals surface area contributed by atoms with E-state index in [4.69, 9.17) is 21.3 Å². The second kappa shape index (κ2) is 18.8. The van der Waals surface area contributed by atoms with E-state index in [1.165, 1.54) is 12.1 Å². The summed E-state index contributed by atoms with van der Waals surface area (Å²) in [5.74, 6) is -0.0412. The molecule has 4 aromatic rings. The summed E-state index contributed by atoms with van der Waals surface area (Å²) < 4.78 is 64.9. The standard InChI is InChI=1S/C15H21N3O.C11H11F3N2O3.C7H10N2O2S/c1-11(5-3-7-16)18-14-10-13(19-2)9-12-6-4-8-17-15(12)14;1-6(2)10(17)15-7-3-4-9(16(18)19)8(5-7)11(12,13)14;8-5-6-1-3-7(4-2-6)12(9,10)11/h4,6,8-11,18H,3,5,7,16H2,1-2H3;3-6H,1-2H3,(H,15,17);1-4H,5,8H2,(H2,9,10,11). The van der Waals surface area contributed by atoms with Crippen molar-refractivity contribution in [3.63, 3.8) is 0 Å². The third-order valence-corrected chi connectivity index (χ3v) is 7.86. The molecule has 0 fully saturated rings. The van der Waals surface area contributed by atoms with Crippen molar-refractivity contribution in [2.75, 3.05) is 24.3 Å². The average Bonchev–Trinajstić information content (AvgIpc) is 3.06. The molecule has 3 aromatic carbocycles. The van der Waals surface area contributed by atoms with Crippen molar-refractivity contribution in [2.45, 2.75) is 57.3 Å². The van der Waals surface area contributed by atoms with E-state index in [1.807, 2.05) is 30.5 Å². The first kappa shape index (κ1) is 41.3. The van der Waals surface area contributed by atoms with Crippen LogP contribution in [0, 0.1) is 16.0 Å². The van der Waals surface area contributed by atoms with Crippen molar-refractivity contribution in [3.05, 3.63) is 94.2 Å². The molecule has 13 nitrogen and oxygen atoms in total. The first-order valence-electron chi connectivity index (χ1n) is 15.3. The van der Waals surface area contributed by atoms with Crippen LogP contribution in [0.1, 0.15) is 44.7 Å². The van der Waals surface area contributed by atoms with Gasteiger partial charge in [-0.15, -0.1) is 0 Å². The van der Waals surface area contributed by atoms with E-state index < -0.39 is 44.2 Å². The quantitative estimate of drug-likeness (QED) is 0.0928. The summed E-state index contributed by atoms with van der Waals surface area (Å²) in [6, 6.07) is 16.8. The van der Waals surface area contributed by atoms with Crippen molar-refractivity contribution in [3.8, 4) is 5.75 Å². The van der Waals surface area contributed by atoms with Crippen LogP contribution in [0.3, 0.4) is 0 Å². The summed E-state index contributed by atoms with van der Waals surface area (Å²) in [6.45, 7) is 6.43. The number of methoxy groups -OCH3 is 1. The molecule has 1 unspecified atom stereocenters. The molecule has 1 heterocycles. The number of aromatic nitrogens is 1. The van der Waals surface area contributed by atoms with Gasteiger partial charge >= 0.3 is 6.18 Å². The van der Waals surface area contributed by atoms with Crippen molar-refractivity contribution in [1.29, 1.82) is 0 Å². The van der Waals surface area contributed by atoms with E-state index in [9.17, 15) is 36.5 Å². The number of hydrogen-bond donors (Lipinski definition) is 5. The Bertz CT molecular complexity index is 1840. The maximum atomic E-state index is 12.7.